The number of rotatable bonds is 4. The van der Waals surface area contributed by atoms with Crippen LogP contribution in [0.3, 0.4) is 0 Å². The van der Waals surface area contributed by atoms with Gasteiger partial charge in [-0.1, -0.05) is 6.07 Å². The number of pyridine rings is 1. The van der Waals surface area contributed by atoms with Gasteiger partial charge in [0, 0.05) is 57.0 Å². The number of piperazine rings is 1. The zero-order valence-corrected chi connectivity index (χ0v) is 18.7. The van der Waals surface area contributed by atoms with Gasteiger partial charge in [-0.15, -0.1) is 0 Å². The molecule has 0 atom stereocenters. The molecule has 2 N–H and O–H groups in total. The summed E-state index contributed by atoms with van der Waals surface area (Å²) < 4.78 is 31.1. The molecule has 0 saturated carbocycles. The second-order valence-corrected chi connectivity index (χ2v) is 8.34. The summed E-state index contributed by atoms with van der Waals surface area (Å²) in [6, 6.07) is 4.79. The Morgan fingerprint density at radius 1 is 1.18 bits per heavy atom. The van der Waals surface area contributed by atoms with E-state index in [-0.39, 0.29) is 16.8 Å². The first-order valence-electron chi connectivity index (χ1n) is 10.9. The van der Waals surface area contributed by atoms with Crippen LogP contribution in [0.15, 0.2) is 35.4 Å². The highest BCUT2D eigenvalue weighted by molar-refractivity contribution is 5.92. The third-order valence-electron chi connectivity index (χ3n) is 6.23. The van der Waals surface area contributed by atoms with Gasteiger partial charge in [-0.2, -0.15) is 5.10 Å². The maximum atomic E-state index is 15.3. The average Bonchev–Trinajstić information content (AvgIpc) is 3.23. The molecule has 0 aliphatic carbocycles. The zero-order chi connectivity index (χ0) is 24.0. The molecule has 0 unspecified atom stereocenters. The number of anilines is 1. The molecular formula is C23H23F2N7O2. The first-order chi connectivity index (χ1) is 16.4. The van der Waals surface area contributed by atoms with Gasteiger partial charge < -0.3 is 15.2 Å². The average molecular weight is 467 g/mol. The molecule has 1 aromatic carbocycles. The van der Waals surface area contributed by atoms with Crippen LogP contribution in [0.4, 0.5) is 14.5 Å². The van der Waals surface area contributed by atoms with Crippen LogP contribution in [-0.4, -0.2) is 63.6 Å². The Balaban J connectivity index is 1.32. The molecule has 1 fully saturated rings. The van der Waals surface area contributed by atoms with Crippen molar-refractivity contribution in [2.75, 3.05) is 38.1 Å². The largest absolute Gasteiger partial charge is 0.368 e. The number of benzene rings is 1. The third-order valence-corrected chi connectivity index (χ3v) is 6.23. The Morgan fingerprint density at radius 2 is 1.94 bits per heavy atom. The summed E-state index contributed by atoms with van der Waals surface area (Å²) in [5, 5.41) is 6.58. The maximum Gasteiger partial charge on any atom is 0.274 e. The van der Waals surface area contributed by atoms with E-state index in [1.807, 2.05) is 4.90 Å². The molecule has 1 saturated heterocycles. The Hall–Kier alpha value is -3.86. The molecule has 34 heavy (non-hydrogen) atoms. The summed E-state index contributed by atoms with van der Waals surface area (Å²) in [6.07, 6.45) is 3.07. The minimum atomic E-state index is -0.673. The monoisotopic (exact) mass is 467 g/mol. The number of carbonyl (C=O) groups excluding carboxylic acids is 1. The number of fused-ring (bicyclic) bond motifs is 3. The highest BCUT2D eigenvalue weighted by atomic mass is 19.1. The van der Waals surface area contributed by atoms with E-state index in [2.05, 4.69) is 25.3 Å². The number of aromatic nitrogens is 4. The van der Waals surface area contributed by atoms with Gasteiger partial charge in [0.1, 0.15) is 11.0 Å². The third kappa shape index (κ3) is 3.67. The Morgan fingerprint density at radius 3 is 2.65 bits per heavy atom. The van der Waals surface area contributed by atoms with Crippen molar-refractivity contribution in [1.29, 1.82) is 0 Å². The predicted molar refractivity (Wildman–Crippen MR) is 123 cm³/mol. The minimum absolute atomic E-state index is 0.134. The molecule has 176 valence electrons. The van der Waals surface area contributed by atoms with Crippen molar-refractivity contribution in [3.63, 3.8) is 0 Å². The number of nitrogens with zero attached hydrogens (tertiary/aromatic N) is 5. The minimum Gasteiger partial charge on any atom is -0.368 e. The van der Waals surface area contributed by atoms with E-state index < -0.39 is 17.5 Å². The molecule has 4 aromatic rings. The second kappa shape index (κ2) is 8.49. The lowest BCUT2D eigenvalue weighted by Crippen LogP contribution is -2.46. The molecule has 9 nitrogen and oxygen atoms in total. The second-order valence-electron chi connectivity index (χ2n) is 8.34. The summed E-state index contributed by atoms with van der Waals surface area (Å²) in [4.78, 5) is 34.8. The van der Waals surface area contributed by atoms with Crippen LogP contribution in [0.2, 0.25) is 0 Å². The van der Waals surface area contributed by atoms with Crippen LogP contribution in [-0.2, 0) is 6.54 Å². The fourth-order valence-corrected chi connectivity index (χ4v) is 4.38. The fraction of sp³-hybridized carbons (Fsp3) is 0.304. The molecule has 0 radical (unpaired) electrons. The van der Waals surface area contributed by atoms with Gasteiger partial charge in [-0.05, 0) is 13.0 Å². The van der Waals surface area contributed by atoms with Crippen LogP contribution in [0.25, 0.3) is 16.6 Å². The van der Waals surface area contributed by atoms with Crippen LogP contribution in [0.5, 0.6) is 0 Å². The van der Waals surface area contributed by atoms with Crippen molar-refractivity contribution in [2.45, 2.75) is 13.5 Å². The van der Waals surface area contributed by atoms with Gasteiger partial charge in [0.15, 0.2) is 17.3 Å². The van der Waals surface area contributed by atoms with E-state index in [0.717, 1.165) is 5.56 Å². The lowest BCUT2D eigenvalue weighted by molar-refractivity contribution is 0.0953. The molecule has 3 aromatic heterocycles. The highest BCUT2D eigenvalue weighted by Gasteiger charge is 2.22. The van der Waals surface area contributed by atoms with Crippen molar-refractivity contribution in [3.05, 3.63) is 69.4 Å². The lowest BCUT2D eigenvalue weighted by atomic mass is 10.1. The fourth-order valence-electron chi connectivity index (χ4n) is 4.38. The molecule has 1 aliphatic rings. The standard InChI is InChI=1S/C23H23F2N7O2/c1-13-10-28-32-17-4-3-14(18(25)20(17)29-23(34)21(13)32)12-30-5-7-31(8-6-30)15-9-16(24)19(27-11-15)22(33)26-2/h3-4,9-11H,5-8,12H2,1-2H3,(H,26,33)(H,29,34). The lowest BCUT2D eigenvalue weighted by Gasteiger charge is -2.36. The van der Waals surface area contributed by atoms with E-state index >= 15 is 4.39 Å². The molecule has 11 heteroatoms. The van der Waals surface area contributed by atoms with Crippen LogP contribution in [0, 0.1) is 18.6 Å². The highest BCUT2D eigenvalue weighted by Crippen LogP contribution is 2.23. The number of aromatic amines is 1. The molecular weight excluding hydrogens is 444 g/mol. The van der Waals surface area contributed by atoms with Gasteiger partial charge in [0.2, 0.25) is 0 Å². The van der Waals surface area contributed by atoms with Crippen LogP contribution < -0.4 is 15.8 Å². The first-order valence-corrected chi connectivity index (χ1v) is 10.9. The molecule has 5 rings (SSSR count). The van der Waals surface area contributed by atoms with Gasteiger partial charge in [0.25, 0.3) is 11.5 Å². The van der Waals surface area contributed by atoms with Gasteiger partial charge >= 0.3 is 0 Å². The Bertz CT molecular complexity index is 1470. The van der Waals surface area contributed by atoms with Crippen molar-refractivity contribution >= 4 is 28.1 Å². The molecule has 0 bridgehead atoms. The van der Waals surface area contributed by atoms with E-state index in [1.54, 1.807) is 25.3 Å². The SMILES string of the molecule is CNC(=O)c1ncc(N2CCN(Cc3ccc4c([nH]c(=O)c5c(C)cnn54)c3F)CC2)cc1F. The van der Waals surface area contributed by atoms with E-state index in [4.69, 9.17) is 0 Å². The number of H-pyrrole nitrogens is 1. The smallest absolute Gasteiger partial charge is 0.274 e. The number of nitrogens with one attached hydrogen (secondary N) is 2. The van der Waals surface area contributed by atoms with Crippen molar-refractivity contribution in [1.82, 2.24) is 29.8 Å². The normalized spacial score (nSPS) is 14.8. The number of aryl methyl sites for hydroxylation is 1. The number of hydrogen-bond donors (Lipinski definition) is 2. The van der Waals surface area contributed by atoms with Crippen LogP contribution in [0.1, 0.15) is 21.6 Å². The van der Waals surface area contributed by atoms with E-state index in [1.165, 1.54) is 23.8 Å². The summed E-state index contributed by atoms with van der Waals surface area (Å²) in [5.41, 5.74) is 2.22. The van der Waals surface area contributed by atoms with Crippen molar-refractivity contribution in [3.8, 4) is 0 Å². The van der Waals surface area contributed by atoms with Crippen molar-refractivity contribution in [2.24, 2.45) is 0 Å². The van der Waals surface area contributed by atoms with Gasteiger partial charge in [0.05, 0.1) is 23.6 Å². The maximum absolute atomic E-state index is 15.3. The summed E-state index contributed by atoms with van der Waals surface area (Å²) in [6.45, 7) is 4.61. The number of carbonyl (C=O) groups is 1. The molecule has 1 aliphatic heterocycles. The first kappa shape index (κ1) is 22.0. The topological polar surface area (TPSA) is 98.6 Å². The quantitative estimate of drug-likeness (QED) is 0.475. The summed E-state index contributed by atoms with van der Waals surface area (Å²) >= 11 is 0. The van der Waals surface area contributed by atoms with Crippen LogP contribution >= 0.6 is 0 Å². The molecule has 4 heterocycles. The van der Waals surface area contributed by atoms with E-state index in [9.17, 15) is 14.0 Å². The summed E-state index contributed by atoms with van der Waals surface area (Å²) in [7, 11) is 1.42. The molecule has 0 spiro atoms. The molecule has 1 amide bonds. The number of hydrogen-bond acceptors (Lipinski definition) is 6. The van der Waals surface area contributed by atoms with Gasteiger partial charge in [-0.3, -0.25) is 14.5 Å². The number of amides is 1. The Kier molecular flexibility index (Phi) is 5.48. The predicted octanol–water partition coefficient (Wildman–Crippen LogP) is 1.84. The Labute approximate surface area is 193 Å². The summed E-state index contributed by atoms with van der Waals surface area (Å²) in [5.74, 6) is -1.72. The zero-order valence-electron chi connectivity index (χ0n) is 18.7. The number of halogens is 2. The van der Waals surface area contributed by atoms with E-state index in [0.29, 0.717) is 55.0 Å². The van der Waals surface area contributed by atoms with Crippen molar-refractivity contribution < 1.29 is 13.6 Å². The van der Waals surface area contributed by atoms with Gasteiger partial charge in [-0.25, -0.2) is 18.3 Å².